The Morgan fingerprint density at radius 2 is 1.70 bits per heavy atom. The van der Waals surface area contributed by atoms with Crippen LogP contribution in [0.5, 0.6) is 0 Å². The average molecular weight is 502 g/mol. The first-order valence-electron chi connectivity index (χ1n) is 11.5. The molecule has 9 nitrogen and oxygen atoms in total. The van der Waals surface area contributed by atoms with Gasteiger partial charge in [0.05, 0.1) is 18.4 Å². The predicted octanol–water partition coefficient (Wildman–Crippen LogP) is 3.05. The Labute approximate surface area is 212 Å². The van der Waals surface area contributed by atoms with Crippen molar-refractivity contribution < 1.29 is 23.6 Å². The van der Waals surface area contributed by atoms with Crippen molar-refractivity contribution in [3.8, 4) is 17.1 Å². The maximum Gasteiger partial charge on any atom is 0.313 e. The van der Waals surface area contributed by atoms with Gasteiger partial charge in [0.2, 0.25) is 5.78 Å². The topological polar surface area (TPSA) is 115 Å². The molecule has 2 aromatic heterocycles. The number of pyridine rings is 1. The van der Waals surface area contributed by atoms with E-state index in [-0.39, 0.29) is 30.1 Å². The third kappa shape index (κ3) is 6.11. The van der Waals surface area contributed by atoms with Crippen molar-refractivity contribution >= 4 is 17.6 Å². The predicted molar refractivity (Wildman–Crippen MR) is 133 cm³/mol. The highest BCUT2D eigenvalue weighted by atomic mass is 19.1. The Hall–Kier alpha value is -4.70. The molecular weight excluding hydrogens is 477 g/mol. The van der Waals surface area contributed by atoms with E-state index in [1.165, 1.54) is 23.0 Å². The molecule has 0 spiro atoms. The summed E-state index contributed by atoms with van der Waals surface area (Å²) in [5, 5.41) is 6.91. The molecule has 0 bridgehead atoms. The first-order valence-corrected chi connectivity index (χ1v) is 11.5. The van der Waals surface area contributed by atoms with E-state index in [2.05, 4.69) is 20.9 Å². The molecule has 2 amide bonds. The highest BCUT2D eigenvalue weighted by Gasteiger charge is 2.29. The lowest BCUT2D eigenvalue weighted by Crippen LogP contribution is -2.48. The lowest BCUT2D eigenvalue weighted by molar-refractivity contribution is -0.146. The molecule has 4 rings (SSSR count). The number of benzene rings is 2. The minimum absolute atomic E-state index is 0.0423. The van der Waals surface area contributed by atoms with Crippen LogP contribution in [0.1, 0.15) is 22.8 Å². The Bertz CT molecular complexity index is 1390. The van der Waals surface area contributed by atoms with Crippen molar-refractivity contribution in [1.82, 2.24) is 25.6 Å². The van der Waals surface area contributed by atoms with Gasteiger partial charge in [-0.1, -0.05) is 60.7 Å². The average Bonchev–Trinajstić information content (AvgIpc) is 3.33. The number of hydrogen-bond donors (Lipinski definition) is 2. The molecule has 2 N–H and O–H groups in total. The summed E-state index contributed by atoms with van der Waals surface area (Å²) in [6, 6.07) is 19.5. The van der Waals surface area contributed by atoms with Crippen LogP contribution >= 0.6 is 0 Å². The van der Waals surface area contributed by atoms with E-state index in [4.69, 9.17) is 4.84 Å². The van der Waals surface area contributed by atoms with Gasteiger partial charge in [-0.15, -0.1) is 0 Å². The van der Waals surface area contributed by atoms with Crippen molar-refractivity contribution in [2.45, 2.75) is 19.4 Å². The van der Waals surface area contributed by atoms with Crippen molar-refractivity contribution in [2.75, 3.05) is 6.61 Å². The molecular formula is C27H24FN5O4. The Morgan fingerprint density at radius 3 is 2.41 bits per heavy atom. The molecule has 2 aromatic carbocycles. The molecule has 0 aliphatic rings. The van der Waals surface area contributed by atoms with Crippen LogP contribution in [0.15, 0.2) is 85.2 Å². The van der Waals surface area contributed by atoms with Crippen molar-refractivity contribution in [3.05, 3.63) is 102 Å². The fourth-order valence-corrected chi connectivity index (χ4v) is 3.65. The SMILES string of the molecule is CCONC(=O)C(=O)[C@@H](Cc1ccccc1)NC(=O)c1cccnc1-n1cc(F)c(-c2ccccc2)n1. The summed E-state index contributed by atoms with van der Waals surface area (Å²) >= 11 is 0. The maximum atomic E-state index is 14.8. The largest absolute Gasteiger partial charge is 0.341 e. The summed E-state index contributed by atoms with van der Waals surface area (Å²) in [7, 11) is 0. The quantitative estimate of drug-likeness (QED) is 0.255. The molecule has 1 atom stereocenters. The van der Waals surface area contributed by atoms with Crippen LogP contribution in [-0.4, -0.2) is 45.0 Å². The van der Waals surface area contributed by atoms with Gasteiger partial charge in [0.1, 0.15) is 11.7 Å². The minimum atomic E-state index is -1.20. The number of aromatic nitrogens is 3. The highest BCUT2D eigenvalue weighted by molar-refractivity contribution is 6.38. The van der Waals surface area contributed by atoms with Gasteiger partial charge in [0, 0.05) is 18.2 Å². The number of nitrogens with one attached hydrogen (secondary N) is 2. The van der Waals surface area contributed by atoms with Crippen LogP contribution in [0.4, 0.5) is 4.39 Å². The second kappa shape index (κ2) is 11.8. The van der Waals surface area contributed by atoms with Crippen molar-refractivity contribution in [2.24, 2.45) is 0 Å². The van der Waals surface area contributed by atoms with E-state index >= 15 is 0 Å². The Kier molecular flexibility index (Phi) is 8.11. The molecule has 0 fully saturated rings. The van der Waals surface area contributed by atoms with Crippen LogP contribution in [0.2, 0.25) is 0 Å². The molecule has 0 unspecified atom stereocenters. The number of Topliss-reactive ketones (excluding diaryl/α,β-unsaturated/α-hetero) is 1. The molecule has 0 saturated heterocycles. The van der Waals surface area contributed by atoms with Crippen LogP contribution in [0, 0.1) is 5.82 Å². The molecule has 2 heterocycles. The van der Waals surface area contributed by atoms with Crippen LogP contribution < -0.4 is 10.8 Å². The number of amides is 2. The second-order valence-electron chi connectivity index (χ2n) is 7.96. The summed E-state index contributed by atoms with van der Waals surface area (Å²) in [6.07, 6.45) is 2.63. The van der Waals surface area contributed by atoms with Crippen LogP contribution in [0.25, 0.3) is 17.1 Å². The number of halogens is 1. The Balaban J connectivity index is 1.63. The summed E-state index contributed by atoms with van der Waals surface area (Å²) in [6.45, 7) is 1.82. The van der Waals surface area contributed by atoms with Crippen molar-refractivity contribution in [3.63, 3.8) is 0 Å². The van der Waals surface area contributed by atoms with Gasteiger partial charge in [-0.2, -0.15) is 5.10 Å². The molecule has 188 valence electrons. The maximum absolute atomic E-state index is 14.8. The molecule has 0 aliphatic carbocycles. The molecule has 10 heteroatoms. The van der Waals surface area contributed by atoms with E-state index < -0.39 is 29.5 Å². The number of rotatable bonds is 10. The normalized spacial score (nSPS) is 11.5. The van der Waals surface area contributed by atoms with Gasteiger partial charge in [0.15, 0.2) is 11.6 Å². The fourth-order valence-electron chi connectivity index (χ4n) is 3.65. The molecule has 37 heavy (non-hydrogen) atoms. The third-order valence-corrected chi connectivity index (χ3v) is 5.40. The standard InChI is InChI=1S/C27H24FN5O4/c1-2-37-32-27(36)24(34)22(16-18-10-5-3-6-11-18)30-26(35)20-14-9-15-29-25(20)33-17-21(28)23(31-33)19-12-7-4-8-13-19/h3-15,17,22H,2,16H2,1H3,(H,30,35)(H,32,36)/t22-/m1/s1. The van der Waals surface area contributed by atoms with Crippen LogP contribution in [-0.2, 0) is 20.8 Å². The number of ketones is 1. The molecule has 0 saturated carbocycles. The number of hydroxylamine groups is 1. The lowest BCUT2D eigenvalue weighted by Gasteiger charge is -2.18. The number of carbonyl (C=O) groups excluding carboxylic acids is 3. The highest BCUT2D eigenvalue weighted by Crippen LogP contribution is 2.22. The zero-order valence-corrected chi connectivity index (χ0v) is 19.9. The zero-order valence-electron chi connectivity index (χ0n) is 19.9. The summed E-state index contributed by atoms with van der Waals surface area (Å²) in [4.78, 5) is 47.6. The van der Waals surface area contributed by atoms with Gasteiger partial charge < -0.3 is 5.32 Å². The van der Waals surface area contributed by atoms with E-state index in [0.717, 1.165) is 11.8 Å². The molecule has 0 aliphatic heterocycles. The number of carbonyl (C=O) groups is 3. The molecule has 0 radical (unpaired) electrons. The third-order valence-electron chi connectivity index (χ3n) is 5.40. The number of hydrogen-bond acceptors (Lipinski definition) is 6. The van der Waals surface area contributed by atoms with Gasteiger partial charge >= 0.3 is 5.91 Å². The van der Waals surface area contributed by atoms with Crippen molar-refractivity contribution in [1.29, 1.82) is 0 Å². The van der Waals surface area contributed by atoms with E-state index in [0.29, 0.717) is 5.56 Å². The van der Waals surface area contributed by atoms with E-state index in [1.807, 2.05) is 6.07 Å². The minimum Gasteiger partial charge on any atom is -0.341 e. The first-order chi connectivity index (χ1) is 18.0. The molecule has 4 aromatic rings. The second-order valence-corrected chi connectivity index (χ2v) is 7.96. The zero-order chi connectivity index (χ0) is 26.2. The van der Waals surface area contributed by atoms with E-state index in [9.17, 15) is 18.8 Å². The van der Waals surface area contributed by atoms with Gasteiger partial charge in [-0.05, 0) is 24.6 Å². The fraction of sp³-hybridized carbons (Fsp3) is 0.148. The van der Waals surface area contributed by atoms with Gasteiger partial charge in [0.25, 0.3) is 5.91 Å². The summed E-state index contributed by atoms with van der Waals surface area (Å²) in [5.74, 6) is -3.08. The summed E-state index contributed by atoms with van der Waals surface area (Å²) in [5.41, 5.74) is 3.51. The lowest BCUT2D eigenvalue weighted by atomic mass is 10.0. The van der Waals surface area contributed by atoms with Crippen LogP contribution in [0.3, 0.4) is 0 Å². The van der Waals surface area contributed by atoms with Gasteiger partial charge in [-0.3, -0.25) is 19.2 Å². The summed E-state index contributed by atoms with van der Waals surface area (Å²) < 4.78 is 15.9. The first kappa shape index (κ1) is 25.4. The van der Waals surface area contributed by atoms with Gasteiger partial charge in [-0.25, -0.2) is 19.5 Å². The number of nitrogens with zero attached hydrogens (tertiary/aromatic N) is 3. The Morgan fingerprint density at radius 1 is 1.00 bits per heavy atom. The van der Waals surface area contributed by atoms with E-state index in [1.54, 1.807) is 61.5 Å². The monoisotopic (exact) mass is 501 g/mol. The smallest absolute Gasteiger partial charge is 0.313 e.